The van der Waals surface area contributed by atoms with Crippen molar-refractivity contribution in [2.45, 2.75) is 22.9 Å². The zero-order valence-corrected chi connectivity index (χ0v) is 11.4. The average molecular weight is 289 g/mol. The molecule has 0 fully saturated rings. The van der Waals surface area contributed by atoms with E-state index in [1.54, 1.807) is 18.7 Å². The van der Waals surface area contributed by atoms with Gasteiger partial charge in [-0.1, -0.05) is 22.8 Å². The zero-order valence-electron chi connectivity index (χ0n) is 9.06. The minimum Gasteiger partial charge on any atom is -0.338 e. The lowest BCUT2D eigenvalue weighted by molar-refractivity contribution is 0.375. The molecule has 0 radical (unpaired) electrons. The maximum absolute atomic E-state index is 5.89. The van der Waals surface area contributed by atoms with Crippen LogP contribution < -0.4 is 0 Å². The van der Waals surface area contributed by atoms with Crippen molar-refractivity contribution in [3.8, 4) is 0 Å². The van der Waals surface area contributed by atoms with Gasteiger partial charge in [-0.15, -0.1) is 23.4 Å². The molecule has 90 valence electrons. The highest BCUT2D eigenvalue weighted by molar-refractivity contribution is 7.98. The summed E-state index contributed by atoms with van der Waals surface area (Å²) in [6.45, 7) is 1.79. The number of hydrogen-bond acceptors (Lipinski definition) is 4. The molecule has 0 bridgehead atoms. The molecule has 0 aliphatic carbocycles. The normalized spacial score (nSPS) is 12.6. The molecule has 1 atom stereocenters. The van der Waals surface area contributed by atoms with Crippen molar-refractivity contribution in [2.75, 3.05) is 0 Å². The topological polar surface area (TPSA) is 38.9 Å². The maximum Gasteiger partial charge on any atom is 0.244 e. The number of thioether (sulfide) groups is 1. The van der Waals surface area contributed by atoms with Gasteiger partial charge in [-0.2, -0.15) is 4.98 Å². The van der Waals surface area contributed by atoms with E-state index in [4.69, 9.17) is 27.7 Å². The molecule has 1 aromatic carbocycles. The first-order valence-corrected chi connectivity index (χ1v) is 6.80. The molecular weight excluding hydrogens is 279 g/mol. The Hall–Kier alpha value is -0.710. The summed E-state index contributed by atoms with van der Waals surface area (Å²) >= 11 is 13.3. The van der Waals surface area contributed by atoms with Crippen LogP contribution >= 0.6 is 35.0 Å². The SMILES string of the molecule is CC(Cl)c1nc(CSc2cccc(Cl)c2)no1. The van der Waals surface area contributed by atoms with Crippen LogP contribution in [0.1, 0.15) is 24.0 Å². The van der Waals surface area contributed by atoms with E-state index in [2.05, 4.69) is 10.1 Å². The fourth-order valence-electron chi connectivity index (χ4n) is 1.19. The van der Waals surface area contributed by atoms with Crippen molar-refractivity contribution in [1.82, 2.24) is 10.1 Å². The predicted molar refractivity (Wildman–Crippen MR) is 69.6 cm³/mol. The molecule has 0 N–H and O–H groups in total. The lowest BCUT2D eigenvalue weighted by atomic mass is 10.4. The average Bonchev–Trinajstić information content (AvgIpc) is 2.75. The minimum atomic E-state index is -0.257. The number of hydrogen-bond donors (Lipinski definition) is 0. The molecule has 2 rings (SSSR count). The molecule has 0 saturated carbocycles. The van der Waals surface area contributed by atoms with Crippen LogP contribution in [0.5, 0.6) is 0 Å². The van der Waals surface area contributed by atoms with Crippen molar-refractivity contribution in [2.24, 2.45) is 0 Å². The van der Waals surface area contributed by atoms with Crippen molar-refractivity contribution in [3.05, 3.63) is 41.0 Å². The van der Waals surface area contributed by atoms with Crippen LogP contribution in [0.25, 0.3) is 0 Å². The van der Waals surface area contributed by atoms with Crippen molar-refractivity contribution in [1.29, 1.82) is 0 Å². The second-order valence-electron chi connectivity index (χ2n) is 3.41. The van der Waals surface area contributed by atoms with Gasteiger partial charge in [-0.3, -0.25) is 0 Å². The Bertz CT molecular complexity index is 502. The number of nitrogens with zero attached hydrogens (tertiary/aromatic N) is 2. The Balaban J connectivity index is 1.97. The number of alkyl halides is 1. The smallest absolute Gasteiger partial charge is 0.244 e. The number of rotatable bonds is 4. The Morgan fingerprint density at radius 1 is 1.47 bits per heavy atom. The summed E-state index contributed by atoms with van der Waals surface area (Å²) in [5, 5.41) is 4.31. The van der Waals surface area contributed by atoms with Crippen molar-refractivity contribution in [3.63, 3.8) is 0 Å². The monoisotopic (exact) mass is 288 g/mol. The molecule has 1 aromatic heterocycles. The second kappa shape index (κ2) is 5.76. The lowest BCUT2D eigenvalue weighted by Gasteiger charge is -1.98. The highest BCUT2D eigenvalue weighted by atomic mass is 35.5. The molecule has 17 heavy (non-hydrogen) atoms. The molecular formula is C11H10Cl2N2OS. The summed E-state index contributed by atoms with van der Waals surface area (Å²) in [5.41, 5.74) is 0. The molecule has 6 heteroatoms. The van der Waals surface area contributed by atoms with Crippen LogP contribution in [0, 0.1) is 0 Å². The van der Waals surface area contributed by atoms with Crippen LogP contribution in [-0.4, -0.2) is 10.1 Å². The van der Waals surface area contributed by atoms with Gasteiger partial charge in [0.25, 0.3) is 0 Å². The standard InChI is InChI=1S/C11H10Cl2N2OS/c1-7(12)11-14-10(15-16-11)6-17-9-4-2-3-8(13)5-9/h2-5,7H,6H2,1H3. The van der Waals surface area contributed by atoms with Gasteiger partial charge in [-0.05, 0) is 25.1 Å². The highest BCUT2D eigenvalue weighted by Crippen LogP contribution is 2.25. The van der Waals surface area contributed by atoms with E-state index in [-0.39, 0.29) is 5.38 Å². The first-order valence-electron chi connectivity index (χ1n) is 5.00. The van der Waals surface area contributed by atoms with Gasteiger partial charge in [0.05, 0.1) is 5.75 Å². The van der Waals surface area contributed by atoms with E-state index in [1.807, 2.05) is 24.3 Å². The molecule has 0 saturated heterocycles. The molecule has 0 aliphatic heterocycles. The molecule has 3 nitrogen and oxygen atoms in total. The van der Waals surface area contributed by atoms with E-state index in [9.17, 15) is 0 Å². The van der Waals surface area contributed by atoms with Gasteiger partial charge in [0.15, 0.2) is 5.82 Å². The molecule has 0 amide bonds. The van der Waals surface area contributed by atoms with Crippen LogP contribution in [-0.2, 0) is 5.75 Å². The molecule has 0 spiro atoms. The van der Waals surface area contributed by atoms with Crippen LogP contribution in [0.2, 0.25) is 5.02 Å². The largest absolute Gasteiger partial charge is 0.338 e. The first-order chi connectivity index (χ1) is 8.15. The van der Waals surface area contributed by atoms with Crippen LogP contribution in [0.4, 0.5) is 0 Å². The third-order valence-corrected chi connectivity index (χ3v) is 3.40. The van der Waals surface area contributed by atoms with Gasteiger partial charge < -0.3 is 4.52 Å². The van der Waals surface area contributed by atoms with Gasteiger partial charge >= 0.3 is 0 Å². The predicted octanol–water partition coefficient (Wildman–Crippen LogP) is 4.32. The number of aromatic nitrogens is 2. The minimum absolute atomic E-state index is 0.257. The van der Waals surface area contributed by atoms with Gasteiger partial charge in [0.2, 0.25) is 5.89 Å². The van der Waals surface area contributed by atoms with Crippen LogP contribution in [0.3, 0.4) is 0 Å². The fraction of sp³-hybridized carbons (Fsp3) is 0.273. The number of halogens is 2. The number of benzene rings is 1. The van der Waals surface area contributed by atoms with E-state index in [1.165, 1.54) is 0 Å². The summed E-state index contributed by atoms with van der Waals surface area (Å²) in [7, 11) is 0. The third-order valence-electron chi connectivity index (χ3n) is 1.99. The Kier molecular flexibility index (Phi) is 4.31. The first kappa shape index (κ1) is 12.7. The van der Waals surface area contributed by atoms with E-state index < -0.39 is 0 Å². The van der Waals surface area contributed by atoms with Crippen molar-refractivity contribution < 1.29 is 4.52 Å². The van der Waals surface area contributed by atoms with Gasteiger partial charge in [-0.25, -0.2) is 0 Å². The Morgan fingerprint density at radius 2 is 2.29 bits per heavy atom. The third kappa shape index (κ3) is 3.63. The second-order valence-corrected chi connectivity index (χ2v) is 5.55. The molecule has 2 aromatic rings. The molecule has 0 aliphatic rings. The Labute approximate surface area is 113 Å². The summed E-state index contributed by atoms with van der Waals surface area (Å²) in [6.07, 6.45) is 0. The van der Waals surface area contributed by atoms with Crippen LogP contribution in [0.15, 0.2) is 33.7 Å². The van der Waals surface area contributed by atoms with E-state index in [0.717, 1.165) is 9.92 Å². The van der Waals surface area contributed by atoms with Gasteiger partial charge in [0, 0.05) is 9.92 Å². The van der Waals surface area contributed by atoms with Crippen molar-refractivity contribution >= 4 is 35.0 Å². The Morgan fingerprint density at radius 3 is 2.94 bits per heavy atom. The molecule has 1 heterocycles. The van der Waals surface area contributed by atoms with E-state index in [0.29, 0.717) is 17.5 Å². The summed E-state index contributed by atoms with van der Waals surface area (Å²) in [4.78, 5) is 5.26. The summed E-state index contributed by atoms with van der Waals surface area (Å²) in [5.74, 6) is 1.72. The lowest BCUT2D eigenvalue weighted by Crippen LogP contribution is -1.86. The van der Waals surface area contributed by atoms with E-state index >= 15 is 0 Å². The highest BCUT2D eigenvalue weighted by Gasteiger charge is 2.11. The summed E-state index contributed by atoms with van der Waals surface area (Å²) < 4.78 is 5.01. The quantitative estimate of drug-likeness (QED) is 0.621. The molecule has 1 unspecified atom stereocenters. The summed E-state index contributed by atoms with van der Waals surface area (Å²) in [6, 6.07) is 7.64. The fourth-order valence-corrected chi connectivity index (χ4v) is 2.33. The maximum atomic E-state index is 5.89. The zero-order chi connectivity index (χ0) is 12.3. The van der Waals surface area contributed by atoms with Gasteiger partial charge in [0.1, 0.15) is 5.38 Å².